The molecule has 132 valence electrons. The van der Waals surface area contributed by atoms with Crippen LogP contribution in [-0.4, -0.2) is 26.1 Å². The lowest BCUT2D eigenvalue weighted by Gasteiger charge is -2.22. The van der Waals surface area contributed by atoms with Crippen LogP contribution in [0.5, 0.6) is 0 Å². The fourth-order valence-corrected chi connectivity index (χ4v) is 3.31. The first kappa shape index (κ1) is 18.4. The Morgan fingerprint density at radius 3 is 2.46 bits per heavy atom. The first-order chi connectivity index (χ1) is 11.2. The topological polar surface area (TPSA) is 69.7 Å². The van der Waals surface area contributed by atoms with Gasteiger partial charge in [0.25, 0.3) is 0 Å². The van der Waals surface area contributed by atoms with Gasteiger partial charge in [0, 0.05) is 0 Å². The Balaban J connectivity index is 2.58. The predicted molar refractivity (Wildman–Crippen MR) is 88.6 cm³/mol. The maximum atomic E-state index is 13.3. The molecule has 24 heavy (non-hydrogen) atoms. The SMILES string of the molecule is CC(C)OC1=C(c2ccc(C[SH](=O)=O)c(CF)c2)C(C)(C)OC1=O. The Morgan fingerprint density at radius 2 is 1.92 bits per heavy atom. The molecule has 5 nitrogen and oxygen atoms in total. The number of ether oxygens (including phenoxy) is 2. The Labute approximate surface area is 142 Å². The summed E-state index contributed by atoms with van der Waals surface area (Å²) in [5, 5.41) is 0. The van der Waals surface area contributed by atoms with Crippen LogP contribution in [0.2, 0.25) is 0 Å². The van der Waals surface area contributed by atoms with Crippen molar-refractivity contribution in [1.29, 1.82) is 0 Å². The second-order valence-electron chi connectivity index (χ2n) is 6.38. The maximum absolute atomic E-state index is 13.3. The fourth-order valence-electron chi connectivity index (χ4n) is 2.73. The molecule has 0 fully saturated rings. The first-order valence-corrected chi connectivity index (χ1v) is 8.96. The van der Waals surface area contributed by atoms with E-state index in [4.69, 9.17) is 9.47 Å². The number of halogens is 1. The number of rotatable bonds is 6. The van der Waals surface area contributed by atoms with E-state index in [2.05, 4.69) is 0 Å². The van der Waals surface area contributed by atoms with Crippen molar-refractivity contribution >= 4 is 22.2 Å². The zero-order chi connectivity index (χ0) is 18.1. The predicted octanol–water partition coefficient (Wildman–Crippen LogP) is 2.74. The van der Waals surface area contributed by atoms with E-state index in [1.165, 1.54) is 0 Å². The van der Waals surface area contributed by atoms with E-state index in [0.717, 1.165) is 0 Å². The van der Waals surface area contributed by atoms with Gasteiger partial charge in [-0.05, 0) is 50.5 Å². The molecule has 1 heterocycles. The molecule has 0 atom stereocenters. The quantitative estimate of drug-likeness (QED) is 0.627. The zero-order valence-corrected chi connectivity index (χ0v) is 15.0. The number of carbonyl (C=O) groups is 1. The van der Waals surface area contributed by atoms with Crippen LogP contribution in [0.25, 0.3) is 5.57 Å². The summed E-state index contributed by atoms with van der Waals surface area (Å²) < 4.78 is 46.2. The highest BCUT2D eigenvalue weighted by Crippen LogP contribution is 2.41. The van der Waals surface area contributed by atoms with Gasteiger partial charge in [-0.2, -0.15) is 0 Å². The summed E-state index contributed by atoms with van der Waals surface area (Å²) in [6.07, 6.45) is -0.221. The summed E-state index contributed by atoms with van der Waals surface area (Å²) in [5.74, 6) is -0.665. The van der Waals surface area contributed by atoms with Crippen molar-refractivity contribution in [3.8, 4) is 0 Å². The second-order valence-corrected chi connectivity index (χ2v) is 7.36. The molecule has 1 aromatic rings. The van der Waals surface area contributed by atoms with Crippen LogP contribution >= 0.6 is 0 Å². The highest BCUT2D eigenvalue weighted by Gasteiger charge is 2.43. The molecular formula is C17H21FO5S. The van der Waals surface area contributed by atoms with Crippen LogP contribution < -0.4 is 0 Å². The Bertz CT molecular complexity index is 754. The Hall–Kier alpha value is -1.89. The van der Waals surface area contributed by atoms with Crippen LogP contribution in [0.15, 0.2) is 24.0 Å². The van der Waals surface area contributed by atoms with Crippen molar-refractivity contribution in [2.45, 2.75) is 51.8 Å². The van der Waals surface area contributed by atoms with Crippen LogP contribution in [0.4, 0.5) is 4.39 Å². The molecule has 1 aliphatic rings. The molecule has 0 aromatic heterocycles. The standard InChI is InChI=1S/C17H21FO5S/c1-10(2)22-15-14(17(3,4)23-16(15)19)11-5-6-12(9-24(20)21)13(7-11)8-18/h5-7,10,24H,8-9H2,1-4H3. The minimum atomic E-state index is -2.65. The van der Waals surface area contributed by atoms with Crippen molar-refractivity contribution in [1.82, 2.24) is 0 Å². The lowest BCUT2D eigenvalue weighted by atomic mass is 9.90. The lowest BCUT2D eigenvalue weighted by Crippen LogP contribution is -2.22. The highest BCUT2D eigenvalue weighted by molar-refractivity contribution is 7.71. The summed E-state index contributed by atoms with van der Waals surface area (Å²) in [6, 6.07) is 4.78. The molecule has 0 saturated carbocycles. The molecular weight excluding hydrogens is 335 g/mol. The number of thiol groups is 1. The number of benzene rings is 1. The lowest BCUT2D eigenvalue weighted by molar-refractivity contribution is -0.147. The molecule has 0 radical (unpaired) electrons. The molecule has 0 aliphatic carbocycles. The monoisotopic (exact) mass is 356 g/mol. The van der Waals surface area contributed by atoms with Crippen molar-refractivity contribution in [3.63, 3.8) is 0 Å². The highest BCUT2D eigenvalue weighted by atomic mass is 32.2. The minimum Gasteiger partial charge on any atom is -0.484 e. The average molecular weight is 356 g/mol. The molecule has 0 unspecified atom stereocenters. The number of cyclic esters (lactones) is 1. The molecule has 1 aliphatic heterocycles. The fraction of sp³-hybridized carbons (Fsp3) is 0.471. The average Bonchev–Trinajstić information content (AvgIpc) is 2.67. The summed E-state index contributed by atoms with van der Waals surface area (Å²) in [5.41, 5.74) is 0.888. The summed E-state index contributed by atoms with van der Waals surface area (Å²) in [7, 11) is -2.65. The van der Waals surface area contributed by atoms with Gasteiger partial charge in [0.2, 0.25) is 5.76 Å². The van der Waals surface area contributed by atoms with Crippen molar-refractivity contribution in [2.24, 2.45) is 0 Å². The number of hydrogen-bond donors (Lipinski definition) is 1. The van der Waals surface area contributed by atoms with Gasteiger partial charge in [-0.25, -0.2) is 17.6 Å². The van der Waals surface area contributed by atoms with E-state index < -0.39 is 28.9 Å². The molecule has 0 bridgehead atoms. The van der Waals surface area contributed by atoms with Crippen LogP contribution in [0, 0.1) is 0 Å². The van der Waals surface area contributed by atoms with E-state index in [1.807, 2.05) is 0 Å². The van der Waals surface area contributed by atoms with E-state index in [0.29, 0.717) is 16.7 Å². The van der Waals surface area contributed by atoms with Crippen molar-refractivity contribution in [3.05, 3.63) is 40.6 Å². The van der Waals surface area contributed by atoms with Gasteiger partial charge in [0.15, 0.2) is 0 Å². The Morgan fingerprint density at radius 1 is 1.25 bits per heavy atom. The largest absolute Gasteiger partial charge is 0.484 e. The van der Waals surface area contributed by atoms with Crippen LogP contribution in [0.3, 0.4) is 0 Å². The van der Waals surface area contributed by atoms with Gasteiger partial charge < -0.3 is 9.47 Å². The second kappa shape index (κ2) is 6.93. The van der Waals surface area contributed by atoms with Gasteiger partial charge in [-0.1, -0.05) is 12.1 Å². The number of alkyl halides is 1. The normalized spacial score (nSPS) is 16.9. The van der Waals surface area contributed by atoms with Gasteiger partial charge in [-0.15, -0.1) is 0 Å². The van der Waals surface area contributed by atoms with E-state index in [-0.39, 0.29) is 23.2 Å². The van der Waals surface area contributed by atoms with Crippen molar-refractivity contribution in [2.75, 3.05) is 0 Å². The smallest absolute Gasteiger partial charge is 0.374 e. The number of esters is 1. The molecule has 7 heteroatoms. The third-order valence-electron chi connectivity index (χ3n) is 3.65. The number of carbonyl (C=O) groups excluding carboxylic acids is 1. The third kappa shape index (κ3) is 3.77. The molecule has 2 rings (SSSR count). The Kier molecular flexibility index (Phi) is 5.32. The van der Waals surface area contributed by atoms with E-state index in [1.54, 1.807) is 45.9 Å². The van der Waals surface area contributed by atoms with E-state index >= 15 is 0 Å². The van der Waals surface area contributed by atoms with Gasteiger partial charge in [0.1, 0.15) is 23.0 Å². The molecule has 0 spiro atoms. The number of hydrogen-bond acceptors (Lipinski definition) is 5. The molecule has 1 aromatic carbocycles. The van der Waals surface area contributed by atoms with Crippen molar-refractivity contribution < 1.29 is 27.1 Å². The van der Waals surface area contributed by atoms with Gasteiger partial charge >= 0.3 is 5.97 Å². The maximum Gasteiger partial charge on any atom is 0.374 e. The van der Waals surface area contributed by atoms with Crippen LogP contribution in [0.1, 0.15) is 44.4 Å². The van der Waals surface area contributed by atoms with E-state index in [9.17, 15) is 17.6 Å². The minimum absolute atomic E-state index is 0.113. The van der Waals surface area contributed by atoms with Gasteiger partial charge in [0.05, 0.1) is 17.4 Å². The summed E-state index contributed by atoms with van der Waals surface area (Å²) in [4.78, 5) is 12.1. The zero-order valence-electron chi connectivity index (χ0n) is 14.1. The van der Waals surface area contributed by atoms with Crippen LogP contribution in [-0.2, 0) is 37.4 Å². The summed E-state index contributed by atoms with van der Waals surface area (Å²) >= 11 is 0. The molecule has 0 amide bonds. The third-order valence-corrected chi connectivity index (χ3v) is 4.25. The summed E-state index contributed by atoms with van der Waals surface area (Å²) in [6.45, 7) is 6.26. The van der Waals surface area contributed by atoms with Gasteiger partial charge in [-0.3, -0.25) is 0 Å². The molecule has 0 N–H and O–H groups in total. The molecule has 0 saturated heterocycles. The first-order valence-electron chi connectivity index (χ1n) is 7.60.